The number of hydrogen-bond acceptors (Lipinski definition) is 3. The normalized spacial score (nSPS) is 10.3. The number of carbonyl (C=O) groups excluding carboxylic acids is 1. The number of aryl methyl sites for hydroxylation is 1. The molecule has 0 bridgehead atoms. The molecule has 0 spiro atoms. The molecule has 0 atom stereocenters. The standard InChI is InChI=1S/C21H18ClNO3/c1-14-12-15(8-10-19(14)25-2)21(24)23-18-13-16(22)9-11-20(18)26-17-6-4-3-5-7-17/h3-13H,1-2H3,(H,23,24). The van der Waals surface area contributed by atoms with Crippen LogP contribution in [0.2, 0.25) is 5.02 Å². The highest BCUT2D eigenvalue weighted by atomic mass is 35.5. The Morgan fingerprint density at radius 3 is 2.38 bits per heavy atom. The molecule has 0 saturated heterocycles. The Morgan fingerprint density at radius 1 is 0.962 bits per heavy atom. The van der Waals surface area contributed by atoms with E-state index >= 15 is 0 Å². The third-order valence-corrected chi connectivity index (χ3v) is 4.05. The Balaban J connectivity index is 1.85. The maximum Gasteiger partial charge on any atom is 0.255 e. The molecule has 0 unspecified atom stereocenters. The van der Waals surface area contributed by atoms with Crippen LogP contribution in [0.3, 0.4) is 0 Å². The van der Waals surface area contributed by atoms with Crippen molar-refractivity contribution in [2.45, 2.75) is 6.92 Å². The van der Waals surface area contributed by atoms with E-state index in [1.165, 1.54) is 0 Å². The van der Waals surface area contributed by atoms with Crippen LogP contribution in [-0.4, -0.2) is 13.0 Å². The summed E-state index contributed by atoms with van der Waals surface area (Å²) < 4.78 is 11.1. The van der Waals surface area contributed by atoms with Crippen molar-refractivity contribution in [3.63, 3.8) is 0 Å². The molecular formula is C21H18ClNO3. The Morgan fingerprint density at radius 2 is 1.69 bits per heavy atom. The Bertz CT molecular complexity index is 926. The molecule has 0 aliphatic carbocycles. The van der Waals surface area contributed by atoms with Gasteiger partial charge in [-0.25, -0.2) is 0 Å². The van der Waals surface area contributed by atoms with E-state index in [0.717, 1.165) is 11.3 Å². The van der Waals surface area contributed by atoms with Gasteiger partial charge in [0.1, 0.15) is 11.5 Å². The van der Waals surface area contributed by atoms with Crippen LogP contribution in [0.1, 0.15) is 15.9 Å². The molecule has 0 heterocycles. The maximum absolute atomic E-state index is 12.6. The lowest BCUT2D eigenvalue weighted by molar-refractivity contribution is 0.102. The third-order valence-electron chi connectivity index (χ3n) is 3.82. The molecule has 0 aromatic heterocycles. The number of amides is 1. The van der Waals surface area contributed by atoms with Crippen molar-refractivity contribution in [2.75, 3.05) is 12.4 Å². The van der Waals surface area contributed by atoms with Crippen LogP contribution in [0.4, 0.5) is 5.69 Å². The minimum Gasteiger partial charge on any atom is -0.496 e. The lowest BCUT2D eigenvalue weighted by Crippen LogP contribution is -2.13. The largest absolute Gasteiger partial charge is 0.496 e. The zero-order valence-electron chi connectivity index (χ0n) is 14.5. The first-order chi connectivity index (χ1) is 12.6. The zero-order valence-corrected chi connectivity index (χ0v) is 15.2. The monoisotopic (exact) mass is 367 g/mol. The highest BCUT2D eigenvalue weighted by Gasteiger charge is 2.13. The second-order valence-corrected chi connectivity index (χ2v) is 6.13. The average Bonchev–Trinajstić information content (AvgIpc) is 2.64. The molecule has 0 aliphatic heterocycles. The average molecular weight is 368 g/mol. The van der Waals surface area contributed by atoms with Crippen molar-refractivity contribution in [3.8, 4) is 17.2 Å². The summed E-state index contributed by atoms with van der Waals surface area (Å²) in [4.78, 5) is 12.6. The number of rotatable bonds is 5. The number of halogens is 1. The molecule has 0 saturated carbocycles. The van der Waals surface area contributed by atoms with Gasteiger partial charge in [-0.05, 0) is 61.0 Å². The summed E-state index contributed by atoms with van der Waals surface area (Å²) in [5.41, 5.74) is 1.90. The van der Waals surface area contributed by atoms with Crippen LogP contribution in [0.15, 0.2) is 66.7 Å². The smallest absolute Gasteiger partial charge is 0.255 e. The summed E-state index contributed by atoms with van der Waals surface area (Å²) in [7, 11) is 1.60. The number of nitrogens with one attached hydrogen (secondary N) is 1. The van der Waals surface area contributed by atoms with Gasteiger partial charge in [0.15, 0.2) is 5.75 Å². The van der Waals surface area contributed by atoms with Crippen molar-refractivity contribution in [3.05, 3.63) is 82.9 Å². The van der Waals surface area contributed by atoms with Gasteiger partial charge in [-0.2, -0.15) is 0 Å². The summed E-state index contributed by atoms with van der Waals surface area (Å²) in [5, 5.41) is 3.37. The van der Waals surface area contributed by atoms with Gasteiger partial charge in [-0.3, -0.25) is 4.79 Å². The van der Waals surface area contributed by atoms with Gasteiger partial charge in [-0.15, -0.1) is 0 Å². The fraction of sp³-hybridized carbons (Fsp3) is 0.0952. The van der Waals surface area contributed by atoms with Gasteiger partial charge in [0, 0.05) is 10.6 Å². The van der Waals surface area contributed by atoms with Crippen LogP contribution in [0.5, 0.6) is 17.2 Å². The molecule has 0 fully saturated rings. The topological polar surface area (TPSA) is 47.6 Å². The van der Waals surface area contributed by atoms with Gasteiger partial charge >= 0.3 is 0 Å². The molecule has 5 heteroatoms. The van der Waals surface area contributed by atoms with Crippen LogP contribution in [0.25, 0.3) is 0 Å². The molecule has 3 aromatic rings. The zero-order chi connectivity index (χ0) is 18.5. The van der Waals surface area contributed by atoms with E-state index in [1.54, 1.807) is 43.5 Å². The summed E-state index contributed by atoms with van der Waals surface area (Å²) in [6.45, 7) is 1.89. The van der Waals surface area contributed by atoms with Crippen molar-refractivity contribution in [1.82, 2.24) is 0 Å². The molecule has 3 aromatic carbocycles. The second kappa shape index (κ2) is 7.93. The van der Waals surface area contributed by atoms with E-state index in [2.05, 4.69) is 5.32 Å². The van der Waals surface area contributed by atoms with Gasteiger partial charge in [0.25, 0.3) is 5.91 Å². The first-order valence-corrected chi connectivity index (χ1v) is 8.43. The molecule has 0 aliphatic rings. The van der Waals surface area contributed by atoms with E-state index in [1.807, 2.05) is 37.3 Å². The first kappa shape index (κ1) is 17.8. The van der Waals surface area contributed by atoms with Crippen LogP contribution in [0, 0.1) is 6.92 Å². The lowest BCUT2D eigenvalue weighted by Gasteiger charge is -2.13. The van der Waals surface area contributed by atoms with Crippen molar-refractivity contribution < 1.29 is 14.3 Å². The number of methoxy groups -OCH3 is 1. The molecular weight excluding hydrogens is 350 g/mol. The predicted molar refractivity (Wildman–Crippen MR) is 104 cm³/mol. The number of anilines is 1. The minimum absolute atomic E-state index is 0.254. The number of para-hydroxylation sites is 1. The van der Waals surface area contributed by atoms with Crippen molar-refractivity contribution >= 4 is 23.2 Å². The predicted octanol–water partition coefficient (Wildman–Crippen LogP) is 5.70. The van der Waals surface area contributed by atoms with E-state index in [4.69, 9.17) is 21.1 Å². The van der Waals surface area contributed by atoms with Gasteiger partial charge in [0.05, 0.1) is 12.8 Å². The third kappa shape index (κ3) is 4.16. The SMILES string of the molecule is COc1ccc(C(=O)Nc2cc(Cl)ccc2Oc2ccccc2)cc1C. The summed E-state index contributed by atoms with van der Waals surface area (Å²) in [6.07, 6.45) is 0. The highest BCUT2D eigenvalue weighted by molar-refractivity contribution is 6.31. The number of hydrogen-bond donors (Lipinski definition) is 1. The fourth-order valence-corrected chi connectivity index (χ4v) is 2.69. The van der Waals surface area contributed by atoms with E-state index in [9.17, 15) is 4.79 Å². The Hall–Kier alpha value is -2.98. The number of carbonyl (C=O) groups is 1. The van der Waals surface area contributed by atoms with Gasteiger partial charge < -0.3 is 14.8 Å². The summed E-state index contributed by atoms with van der Waals surface area (Å²) in [5.74, 6) is 1.66. The summed E-state index contributed by atoms with van der Waals surface area (Å²) in [6, 6.07) is 19.7. The molecule has 26 heavy (non-hydrogen) atoms. The fourth-order valence-electron chi connectivity index (χ4n) is 2.52. The Labute approximate surface area is 157 Å². The molecule has 4 nitrogen and oxygen atoms in total. The van der Waals surface area contributed by atoms with Gasteiger partial charge in [0.2, 0.25) is 0 Å². The molecule has 132 valence electrons. The van der Waals surface area contributed by atoms with Crippen LogP contribution >= 0.6 is 11.6 Å². The second-order valence-electron chi connectivity index (χ2n) is 5.69. The van der Waals surface area contributed by atoms with Crippen molar-refractivity contribution in [2.24, 2.45) is 0 Å². The number of benzene rings is 3. The van der Waals surface area contributed by atoms with Gasteiger partial charge in [-0.1, -0.05) is 29.8 Å². The highest BCUT2D eigenvalue weighted by Crippen LogP contribution is 2.32. The minimum atomic E-state index is -0.254. The lowest BCUT2D eigenvalue weighted by atomic mass is 10.1. The quantitative estimate of drug-likeness (QED) is 0.629. The van der Waals surface area contributed by atoms with Crippen molar-refractivity contribution in [1.29, 1.82) is 0 Å². The number of ether oxygens (including phenoxy) is 2. The Kier molecular flexibility index (Phi) is 5.44. The molecule has 3 rings (SSSR count). The first-order valence-electron chi connectivity index (χ1n) is 8.05. The molecule has 1 N–H and O–H groups in total. The van der Waals surface area contributed by atoms with E-state index in [-0.39, 0.29) is 5.91 Å². The maximum atomic E-state index is 12.6. The van der Waals surface area contributed by atoms with Crippen LogP contribution < -0.4 is 14.8 Å². The van der Waals surface area contributed by atoms with E-state index < -0.39 is 0 Å². The van der Waals surface area contributed by atoms with Crippen LogP contribution in [-0.2, 0) is 0 Å². The summed E-state index contributed by atoms with van der Waals surface area (Å²) >= 11 is 6.09. The molecule has 1 amide bonds. The molecule has 0 radical (unpaired) electrons. The van der Waals surface area contributed by atoms with E-state index in [0.29, 0.717) is 27.8 Å².